The molecule has 41 heavy (non-hydrogen) atoms. The predicted molar refractivity (Wildman–Crippen MR) is 145 cm³/mol. The summed E-state index contributed by atoms with van der Waals surface area (Å²) in [5.74, 6) is -1.23. The Morgan fingerprint density at radius 3 is 2.51 bits per heavy atom. The van der Waals surface area contributed by atoms with Crippen molar-refractivity contribution in [2.75, 3.05) is 18.1 Å². The second kappa shape index (κ2) is 10.7. The first kappa shape index (κ1) is 28.9. The Balaban J connectivity index is 1.37. The third-order valence-corrected chi connectivity index (χ3v) is 8.94. The molecule has 1 N–H and O–H groups in total. The van der Waals surface area contributed by atoms with Crippen molar-refractivity contribution in [3.05, 3.63) is 60.3 Å². The fourth-order valence-corrected chi connectivity index (χ4v) is 6.53. The number of carbonyl (C=O) groups is 1. The van der Waals surface area contributed by atoms with E-state index in [9.17, 15) is 26.4 Å². The van der Waals surface area contributed by atoms with Crippen molar-refractivity contribution in [2.24, 2.45) is 17.8 Å². The normalized spacial score (nSPS) is 22.0. The van der Waals surface area contributed by atoms with Crippen LogP contribution in [0.2, 0.25) is 0 Å². The summed E-state index contributed by atoms with van der Waals surface area (Å²) in [4.78, 5) is 20.1. The number of pyridine rings is 1. The third kappa shape index (κ3) is 6.34. The molecule has 1 aromatic carbocycles. The summed E-state index contributed by atoms with van der Waals surface area (Å²) in [5, 5.41) is 4.35. The van der Waals surface area contributed by atoms with E-state index in [2.05, 4.69) is 16.7 Å². The highest BCUT2D eigenvalue weighted by Crippen LogP contribution is 2.51. The Kier molecular flexibility index (Phi) is 7.51. The molecular formula is C28H32F3N5O4S. The van der Waals surface area contributed by atoms with Crippen LogP contribution in [0.15, 0.2) is 59.6 Å². The number of nitrogens with zero attached hydrogens (tertiary/aromatic N) is 4. The molecule has 13 heteroatoms. The van der Waals surface area contributed by atoms with Gasteiger partial charge in [-0.2, -0.15) is 13.2 Å². The number of anilines is 1. The minimum absolute atomic E-state index is 0.0331. The first-order valence-electron chi connectivity index (χ1n) is 13.4. The van der Waals surface area contributed by atoms with Gasteiger partial charge in [-0.3, -0.25) is 4.79 Å². The molecule has 1 aliphatic heterocycles. The number of halogens is 3. The molecule has 2 aliphatic rings. The van der Waals surface area contributed by atoms with E-state index in [1.54, 1.807) is 36.5 Å². The van der Waals surface area contributed by atoms with Gasteiger partial charge < -0.3 is 9.64 Å². The second-order valence-corrected chi connectivity index (χ2v) is 13.1. The monoisotopic (exact) mass is 591 g/mol. The lowest BCUT2D eigenvalue weighted by molar-refractivity contribution is -0.151. The number of nitrogens with one attached hydrogen (secondary N) is 1. The molecule has 2 fully saturated rings. The Morgan fingerprint density at radius 1 is 1.15 bits per heavy atom. The molecule has 1 saturated carbocycles. The van der Waals surface area contributed by atoms with Crippen LogP contribution in [0.25, 0.3) is 5.82 Å². The zero-order valence-electron chi connectivity index (χ0n) is 22.9. The summed E-state index contributed by atoms with van der Waals surface area (Å²) in [7, 11) is -4.11. The highest BCUT2D eigenvalue weighted by atomic mass is 32.2. The molecule has 5 rings (SSSR count). The molecule has 3 atom stereocenters. The Labute approximate surface area is 236 Å². The molecule has 220 valence electrons. The van der Waals surface area contributed by atoms with E-state index in [4.69, 9.17) is 9.72 Å². The summed E-state index contributed by atoms with van der Waals surface area (Å²) in [6.07, 6.45) is -1.29. The van der Waals surface area contributed by atoms with E-state index in [0.29, 0.717) is 24.1 Å². The quantitative estimate of drug-likeness (QED) is 0.374. The van der Waals surface area contributed by atoms with Gasteiger partial charge in [-0.25, -0.2) is 22.8 Å². The Hall–Kier alpha value is -3.61. The second-order valence-electron chi connectivity index (χ2n) is 11.4. The number of sulfonamides is 1. The minimum Gasteiger partial charge on any atom is -0.477 e. The fraction of sp³-hybridized carbons (Fsp3) is 0.464. The lowest BCUT2D eigenvalue weighted by atomic mass is 9.97. The maximum absolute atomic E-state index is 13.3. The van der Waals surface area contributed by atoms with E-state index in [1.165, 1.54) is 22.9 Å². The first-order valence-corrected chi connectivity index (χ1v) is 14.9. The topological polar surface area (TPSA) is 106 Å². The number of alkyl halides is 3. The van der Waals surface area contributed by atoms with Crippen LogP contribution < -0.4 is 14.4 Å². The highest BCUT2D eigenvalue weighted by molar-refractivity contribution is 7.90. The molecule has 9 nitrogen and oxygen atoms in total. The van der Waals surface area contributed by atoms with Crippen LogP contribution in [0.5, 0.6) is 5.88 Å². The lowest BCUT2D eigenvalue weighted by Gasteiger charge is -2.34. The third-order valence-electron chi connectivity index (χ3n) is 7.60. The average molecular weight is 592 g/mol. The summed E-state index contributed by atoms with van der Waals surface area (Å²) >= 11 is 0. The molecule has 1 amide bonds. The molecule has 3 aromatic rings. The van der Waals surface area contributed by atoms with Gasteiger partial charge in [-0.05, 0) is 69.2 Å². The van der Waals surface area contributed by atoms with Gasteiger partial charge in [-0.1, -0.05) is 25.1 Å². The summed E-state index contributed by atoms with van der Waals surface area (Å²) in [5.41, 5.74) is -0.254. The molecular weight excluding hydrogens is 559 g/mol. The van der Waals surface area contributed by atoms with Gasteiger partial charge in [-0.15, -0.1) is 5.10 Å². The summed E-state index contributed by atoms with van der Waals surface area (Å²) < 4.78 is 73.2. The van der Waals surface area contributed by atoms with Gasteiger partial charge in [0, 0.05) is 24.3 Å². The number of rotatable bonds is 9. The van der Waals surface area contributed by atoms with Crippen LogP contribution in [-0.2, 0) is 10.0 Å². The lowest BCUT2D eigenvalue weighted by Crippen LogP contribution is -2.41. The van der Waals surface area contributed by atoms with Gasteiger partial charge in [0.15, 0.2) is 5.82 Å². The van der Waals surface area contributed by atoms with Crippen molar-refractivity contribution in [3.8, 4) is 11.7 Å². The van der Waals surface area contributed by atoms with Crippen LogP contribution in [0.3, 0.4) is 0 Å². The molecule has 0 bridgehead atoms. The van der Waals surface area contributed by atoms with E-state index < -0.39 is 33.9 Å². The predicted octanol–water partition coefficient (Wildman–Crippen LogP) is 4.98. The van der Waals surface area contributed by atoms with E-state index in [0.717, 1.165) is 6.42 Å². The molecule has 1 saturated heterocycles. The number of hydrogen-bond donors (Lipinski definition) is 1. The van der Waals surface area contributed by atoms with E-state index >= 15 is 0 Å². The van der Waals surface area contributed by atoms with Crippen LogP contribution in [0.4, 0.5) is 19.0 Å². The Morgan fingerprint density at radius 2 is 1.88 bits per heavy atom. The van der Waals surface area contributed by atoms with Crippen molar-refractivity contribution < 1.29 is 31.1 Å². The number of aromatic nitrogens is 3. The molecule has 0 radical (unpaired) electrons. The summed E-state index contributed by atoms with van der Waals surface area (Å²) in [6.45, 7) is 6.90. The summed E-state index contributed by atoms with van der Waals surface area (Å²) in [6, 6.07) is 12.3. The number of carbonyl (C=O) groups excluding carboxylic acids is 1. The zero-order chi connectivity index (χ0) is 29.6. The highest BCUT2D eigenvalue weighted by Gasteiger charge is 2.55. The standard InChI is InChI=1S/C28H32F3N5O4S/c1-18-16-27(2,3)35(17-18)25-21(26(37)34-41(38,39)20-7-5-4-6-8-20)9-10-23(32-25)36-13-11-24(33-36)40-14-12-19-15-22(19)28(29,30)31/h4-11,13,18-19,22H,12,14-17H2,1-3H3,(H,34,37)/t18-,19?,22?/m0/s1. The van der Waals surface area contributed by atoms with Crippen molar-refractivity contribution >= 4 is 21.7 Å². The fourth-order valence-electron chi connectivity index (χ4n) is 5.54. The molecule has 1 aliphatic carbocycles. The van der Waals surface area contributed by atoms with Gasteiger partial charge in [0.25, 0.3) is 15.9 Å². The van der Waals surface area contributed by atoms with Crippen molar-refractivity contribution in [1.29, 1.82) is 0 Å². The zero-order valence-corrected chi connectivity index (χ0v) is 23.7. The number of benzene rings is 1. The number of ether oxygens (including phenoxy) is 1. The van der Waals surface area contributed by atoms with Crippen molar-refractivity contribution in [1.82, 2.24) is 19.5 Å². The molecule has 0 spiro atoms. The van der Waals surface area contributed by atoms with Crippen LogP contribution >= 0.6 is 0 Å². The van der Waals surface area contributed by atoms with Crippen LogP contribution in [0.1, 0.15) is 50.4 Å². The van der Waals surface area contributed by atoms with Gasteiger partial charge in [0.05, 0.1) is 23.0 Å². The molecule has 3 heterocycles. The first-order chi connectivity index (χ1) is 19.2. The SMILES string of the molecule is C[C@@H]1CN(c2nc(-n3ccc(OCCC4CC4C(F)(F)F)n3)ccc2C(=O)NS(=O)(=O)c2ccccc2)C(C)(C)C1. The van der Waals surface area contributed by atoms with Crippen molar-refractivity contribution in [3.63, 3.8) is 0 Å². The van der Waals surface area contributed by atoms with Gasteiger partial charge >= 0.3 is 6.18 Å². The Bertz CT molecular complexity index is 1520. The van der Waals surface area contributed by atoms with Crippen molar-refractivity contribution in [2.45, 2.75) is 56.6 Å². The smallest absolute Gasteiger partial charge is 0.392 e. The molecule has 2 unspecified atom stereocenters. The number of hydrogen-bond acceptors (Lipinski definition) is 7. The van der Waals surface area contributed by atoms with E-state index in [1.807, 2.05) is 18.7 Å². The maximum Gasteiger partial charge on any atom is 0.392 e. The average Bonchev–Trinajstić information content (AvgIpc) is 3.45. The number of amides is 1. The van der Waals surface area contributed by atoms with Crippen LogP contribution in [-0.4, -0.2) is 54.0 Å². The molecule has 2 aromatic heterocycles. The van der Waals surface area contributed by atoms with Crippen LogP contribution in [0, 0.1) is 17.8 Å². The van der Waals surface area contributed by atoms with Gasteiger partial charge in [0.2, 0.25) is 5.88 Å². The van der Waals surface area contributed by atoms with Gasteiger partial charge in [0.1, 0.15) is 5.82 Å². The largest absolute Gasteiger partial charge is 0.477 e. The van der Waals surface area contributed by atoms with E-state index in [-0.39, 0.29) is 41.3 Å². The maximum atomic E-state index is 13.3. The minimum atomic E-state index is -4.16.